The van der Waals surface area contributed by atoms with Crippen LogP contribution in [0.5, 0.6) is 0 Å². The fourth-order valence-corrected chi connectivity index (χ4v) is 4.08. The molecule has 0 spiro atoms. The normalized spacial score (nSPS) is 21.7. The molecule has 2 saturated carbocycles. The summed E-state index contributed by atoms with van der Waals surface area (Å²) in [4.78, 5) is 11.7. The number of carbonyl (C=O) groups is 1. The van der Waals surface area contributed by atoms with Gasteiger partial charge >= 0.3 is 0 Å². The summed E-state index contributed by atoms with van der Waals surface area (Å²) in [6.07, 6.45) is 10.1. The molecule has 0 aromatic heterocycles. The monoisotopic (exact) mass is 302 g/mol. The molecule has 0 radical (unpaired) electrons. The third kappa shape index (κ3) is 5.05. The van der Waals surface area contributed by atoms with Crippen LogP contribution in [0.2, 0.25) is 0 Å². The second kappa shape index (κ2) is 6.89. The Morgan fingerprint density at radius 3 is 2.20 bits per heavy atom. The van der Waals surface area contributed by atoms with Crippen LogP contribution in [0, 0.1) is 0 Å². The summed E-state index contributed by atoms with van der Waals surface area (Å²) < 4.78 is 25.5. The lowest BCUT2D eigenvalue weighted by Crippen LogP contribution is -2.42. The van der Waals surface area contributed by atoms with Gasteiger partial charge in [0.2, 0.25) is 15.9 Å². The topological polar surface area (TPSA) is 66.5 Å². The minimum absolute atomic E-state index is 0.0187. The zero-order valence-corrected chi connectivity index (χ0v) is 13.1. The molecule has 2 rings (SSSR count). The van der Waals surface area contributed by atoms with E-state index in [1.807, 2.05) is 0 Å². The van der Waals surface area contributed by atoms with Crippen molar-refractivity contribution in [3.8, 4) is 0 Å². The highest BCUT2D eigenvalue weighted by molar-refractivity contribution is 7.88. The summed E-state index contributed by atoms with van der Waals surface area (Å²) in [5.74, 6) is -0.0187. The van der Waals surface area contributed by atoms with Crippen molar-refractivity contribution in [1.82, 2.24) is 9.62 Å². The molecule has 0 bridgehead atoms. The number of carbonyl (C=O) groups excluding carboxylic acids is 1. The van der Waals surface area contributed by atoms with E-state index in [0.717, 1.165) is 38.5 Å². The van der Waals surface area contributed by atoms with E-state index in [-0.39, 0.29) is 18.4 Å². The first-order valence-electron chi connectivity index (χ1n) is 7.73. The van der Waals surface area contributed by atoms with Gasteiger partial charge in [-0.3, -0.25) is 4.79 Å². The second-order valence-corrected chi connectivity index (χ2v) is 8.05. The largest absolute Gasteiger partial charge is 0.353 e. The van der Waals surface area contributed by atoms with E-state index in [0.29, 0.717) is 12.6 Å². The number of nitrogens with one attached hydrogen (secondary N) is 1. The summed E-state index contributed by atoms with van der Waals surface area (Å²) in [6.45, 7) is 0.321. The Morgan fingerprint density at radius 2 is 1.70 bits per heavy atom. The molecule has 6 heteroatoms. The molecule has 2 fully saturated rings. The van der Waals surface area contributed by atoms with Crippen LogP contribution in [-0.2, 0) is 14.8 Å². The maximum absolute atomic E-state index is 12.0. The van der Waals surface area contributed by atoms with Crippen LogP contribution < -0.4 is 5.32 Å². The van der Waals surface area contributed by atoms with Crippen LogP contribution in [0.1, 0.15) is 57.8 Å². The molecule has 5 nitrogen and oxygen atoms in total. The molecule has 1 amide bonds. The van der Waals surface area contributed by atoms with Gasteiger partial charge < -0.3 is 5.32 Å². The van der Waals surface area contributed by atoms with Crippen LogP contribution >= 0.6 is 0 Å². The van der Waals surface area contributed by atoms with Gasteiger partial charge in [-0.05, 0) is 25.7 Å². The van der Waals surface area contributed by atoms with Crippen molar-refractivity contribution < 1.29 is 13.2 Å². The standard InChI is InChI=1S/C14H26N2O3S/c1-20(18,19)16(13-6-4-2-3-5-7-13)11-10-14(17)15-12-8-9-12/h12-13H,2-11H2,1H3,(H,15,17). The van der Waals surface area contributed by atoms with Crippen LogP contribution in [0.25, 0.3) is 0 Å². The van der Waals surface area contributed by atoms with Gasteiger partial charge in [0, 0.05) is 25.0 Å². The number of sulfonamides is 1. The van der Waals surface area contributed by atoms with Crippen molar-refractivity contribution in [2.75, 3.05) is 12.8 Å². The zero-order valence-electron chi connectivity index (χ0n) is 12.3. The molecule has 0 aromatic rings. The fraction of sp³-hybridized carbons (Fsp3) is 0.929. The Kier molecular flexibility index (Phi) is 5.43. The van der Waals surface area contributed by atoms with Gasteiger partial charge in [0.15, 0.2) is 0 Å². The average Bonchev–Trinajstić information content (AvgIpc) is 3.14. The first-order valence-corrected chi connectivity index (χ1v) is 9.58. The quantitative estimate of drug-likeness (QED) is 0.759. The predicted molar refractivity (Wildman–Crippen MR) is 78.8 cm³/mol. The van der Waals surface area contributed by atoms with Crippen molar-refractivity contribution >= 4 is 15.9 Å². The molecule has 2 aliphatic carbocycles. The van der Waals surface area contributed by atoms with Crippen LogP contribution in [0.4, 0.5) is 0 Å². The summed E-state index contributed by atoms with van der Waals surface area (Å²) in [5.41, 5.74) is 0. The van der Waals surface area contributed by atoms with Gasteiger partial charge in [0.25, 0.3) is 0 Å². The molecular weight excluding hydrogens is 276 g/mol. The van der Waals surface area contributed by atoms with E-state index >= 15 is 0 Å². The van der Waals surface area contributed by atoms with E-state index in [4.69, 9.17) is 0 Å². The Hall–Kier alpha value is -0.620. The molecule has 0 atom stereocenters. The average molecular weight is 302 g/mol. The summed E-state index contributed by atoms with van der Waals surface area (Å²) in [5, 5.41) is 2.92. The molecule has 116 valence electrons. The molecule has 0 unspecified atom stereocenters. The van der Waals surface area contributed by atoms with Crippen molar-refractivity contribution in [2.45, 2.75) is 69.9 Å². The van der Waals surface area contributed by atoms with Crippen LogP contribution in [0.3, 0.4) is 0 Å². The van der Waals surface area contributed by atoms with Crippen LogP contribution in [-0.4, -0.2) is 43.5 Å². The lowest BCUT2D eigenvalue weighted by atomic mass is 10.1. The van der Waals surface area contributed by atoms with E-state index in [9.17, 15) is 13.2 Å². The van der Waals surface area contributed by atoms with E-state index in [2.05, 4.69) is 5.32 Å². The van der Waals surface area contributed by atoms with Crippen molar-refractivity contribution in [3.63, 3.8) is 0 Å². The smallest absolute Gasteiger partial charge is 0.221 e. The van der Waals surface area contributed by atoms with Crippen molar-refractivity contribution in [1.29, 1.82) is 0 Å². The van der Waals surface area contributed by atoms with Gasteiger partial charge in [0.05, 0.1) is 6.26 Å². The van der Waals surface area contributed by atoms with Gasteiger partial charge in [-0.25, -0.2) is 8.42 Å². The number of rotatable bonds is 6. The second-order valence-electron chi connectivity index (χ2n) is 6.11. The Bertz CT molecular complexity index is 424. The highest BCUT2D eigenvalue weighted by Crippen LogP contribution is 2.24. The van der Waals surface area contributed by atoms with Gasteiger partial charge in [-0.15, -0.1) is 0 Å². The first kappa shape index (κ1) is 15.8. The van der Waals surface area contributed by atoms with Gasteiger partial charge in [0.1, 0.15) is 0 Å². The van der Waals surface area contributed by atoms with Crippen LogP contribution in [0.15, 0.2) is 0 Å². The van der Waals surface area contributed by atoms with E-state index in [1.54, 1.807) is 4.31 Å². The van der Waals surface area contributed by atoms with Gasteiger partial charge in [-0.2, -0.15) is 4.31 Å². The highest BCUT2D eigenvalue weighted by Gasteiger charge is 2.28. The summed E-state index contributed by atoms with van der Waals surface area (Å²) >= 11 is 0. The third-order valence-electron chi connectivity index (χ3n) is 4.16. The lowest BCUT2D eigenvalue weighted by Gasteiger charge is -2.28. The highest BCUT2D eigenvalue weighted by atomic mass is 32.2. The first-order chi connectivity index (χ1) is 9.47. The lowest BCUT2D eigenvalue weighted by molar-refractivity contribution is -0.121. The Balaban J connectivity index is 1.90. The maximum Gasteiger partial charge on any atom is 0.221 e. The minimum Gasteiger partial charge on any atom is -0.353 e. The molecule has 0 aromatic carbocycles. The van der Waals surface area contributed by atoms with Gasteiger partial charge in [-0.1, -0.05) is 25.7 Å². The van der Waals surface area contributed by atoms with E-state index in [1.165, 1.54) is 19.1 Å². The zero-order chi connectivity index (χ0) is 14.6. The van der Waals surface area contributed by atoms with Crippen molar-refractivity contribution in [3.05, 3.63) is 0 Å². The SMILES string of the molecule is CS(=O)(=O)N(CCC(=O)NC1CC1)C1CCCCCC1. The predicted octanol–water partition coefficient (Wildman–Crippen LogP) is 1.64. The molecule has 20 heavy (non-hydrogen) atoms. The minimum atomic E-state index is -3.24. The molecule has 1 N–H and O–H groups in total. The maximum atomic E-state index is 12.0. The number of hydrogen-bond donors (Lipinski definition) is 1. The summed E-state index contributed by atoms with van der Waals surface area (Å²) in [6, 6.07) is 0.424. The molecule has 0 saturated heterocycles. The summed E-state index contributed by atoms with van der Waals surface area (Å²) in [7, 11) is -3.24. The fourth-order valence-electron chi connectivity index (χ4n) is 2.90. The molecule has 0 heterocycles. The number of nitrogens with zero attached hydrogens (tertiary/aromatic N) is 1. The van der Waals surface area contributed by atoms with Crippen molar-refractivity contribution in [2.24, 2.45) is 0 Å². The van der Waals surface area contributed by atoms with E-state index < -0.39 is 10.0 Å². The molecule has 2 aliphatic rings. The molecular formula is C14H26N2O3S. The number of amides is 1. The Morgan fingerprint density at radius 1 is 1.10 bits per heavy atom. The Labute approximate surface area is 122 Å². The third-order valence-corrected chi connectivity index (χ3v) is 5.49. The number of hydrogen-bond acceptors (Lipinski definition) is 3. The molecule has 0 aliphatic heterocycles.